The molecule has 3 aromatic heterocycles. The Morgan fingerprint density at radius 2 is 1.83 bits per heavy atom. The second-order valence-corrected chi connectivity index (χ2v) is 6.67. The number of hydrogen-bond acceptors (Lipinski definition) is 7. The van der Waals surface area contributed by atoms with Gasteiger partial charge in [0.05, 0.1) is 17.3 Å². The number of hydrogen-bond donors (Lipinski definition) is 3. The van der Waals surface area contributed by atoms with Crippen LogP contribution >= 0.6 is 0 Å². The van der Waals surface area contributed by atoms with Crippen LogP contribution in [0.1, 0.15) is 5.56 Å². The van der Waals surface area contributed by atoms with Gasteiger partial charge in [-0.05, 0) is 35.9 Å². The second kappa shape index (κ2) is 7.96. The van der Waals surface area contributed by atoms with Crippen LogP contribution in [0.5, 0.6) is 0 Å². The molecular weight excluding hydrogens is 376 g/mol. The summed E-state index contributed by atoms with van der Waals surface area (Å²) in [5.41, 5.74) is 3.82. The number of nitrogens with zero attached hydrogens (tertiary/aromatic N) is 5. The van der Waals surface area contributed by atoms with Gasteiger partial charge in [-0.1, -0.05) is 30.3 Å². The Morgan fingerprint density at radius 1 is 0.900 bits per heavy atom. The van der Waals surface area contributed by atoms with E-state index in [1.165, 1.54) is 11.9 Å². The van der Waals surface area contributed by atoms with Crippen LogP contribution in [0.15, 0.2) is 79.4 Å². The summed E-state index contributed by atoms with van der Waals surface area (Å²) >= 11 is 0. The van der Waals surface area contributed by atoms with Crippen LogP contribution in [0.3, 0.4) is 0 Å². The minimum absolute atomic E-state index is 0.459. The van der Waals surface area contributed by atoms with Gasteiger partial charge in [0.15, 0.2) is 5.82 Å². The molecule has 0 aliphatic carbocycles. The van der Waals surface area contributed by atoms with Crippen molar-refractivity contribution in [2.75, 3.05) is 10.6 Å². The standard InChI is InChI=1S/C22H18N8/c1-2-5-15(6-3-1)12-24-20-18(7-4-10-23-20)21-25-14-26-22(29-21)28-17-8-9-19-16(11-17)13-27-30-19/h1-11,13-14H,12H2,(H,23,24)(H,27,30)(H,25,26,28,29). The van der Waals surface area contributed by atoms with Crippen LogP contribution in [-0.4, -0.2) is 30.1 Å². The van der Waals surface area contributed by atoms with E-state index in [9.17, 15) is 0 Å². The van der Waals surface area contributed by atoms with Crippen LogP contribution in [-0.2, 0) is 6.54 Å². The number of aromatic nitrogens is 6. The summed E-state index contributed by atoms with van der Waals surface area (Å²) in [5.74, 6) is 1.72. The molecule has 0 bridgehead atoms. The van der Waals surface area contributed by atoms with E-state index < -0.39 is 0 Å². The Balaban J connectivity index is 1.39. The fraction of sp³-hybridized carbons (Fsp3) is 0.0455. The first-order valence-electron chi connectivity index (χ1n) is 9.47. The molecule has 0 amide bonds. The molecule has 8 nitrogen and oxygen atoms in total. The van der Waals surface area contributed by atoms with E-state index in [0.717, 1.165) is 28.0 Å². The molecule has 146 valence electrons. The lowest BCUT2D eigenvalue weighted by atomic mass is 10.2. The summed E-state index contributed by atoms with van der Waals surface area (Å²) < 4.78 is 0. The number of rotatable bonds is 6. The summed E-state index contributed by atoms with van der Waals surface area (Å²) in [7, 11) is 0. The molecule has 0 unspecified atom stereocenters. The van der Waals surface area contributed by atoms with E-state index in [4.69, 9.17) is 0 Å². The first-order valence-corrected chi connectivity index (χ1v) is 9.47. The van der Waals surface area contributed by atoms with Gasteiger partial charge in [-0.3, -0.25) is 5.10 Å². The lowest BCUT2D eigenvalue weighted by Gasteiger charge is -2.11. The van der Waals surface area contributed by atoms with Crippen molar-refractivity contribution in [3.63, 3.8) is 0 Å². The van der Waals surface area contributed by atoms with Gasteiger partial charge in [-0.25, -0.2) is 15.0 Å². The average molecular weight is 394 g/mol. The quantitative estimate of drug-likeness (QED) is 0.397. The molecule has 3 N–H and O–H groups in total. The molecule has 5 aromatic rings. The first kappa shape index (κ1) is 17.7. The van der Waals surface area contributed by atoms with E-state index in [-0.39, 0.29) is 0 Å². The van der Waals surface area contributed by atoms with Gasteiger partial charge in [0.1, 0.15) is 12.1 Å². The van der Waals surface area contributed by atoms with Gasteiger partial charge in [0.25, 0.3) is 0 Å². The number of aromatic amines is 1. The van der Waals surface area contributed by atoms with Crippen LogP contribution in [0.4, 0.5) is 17.5 Å². The van der Waals surface area contributed by atoms with Crippen molar-refractivity contribution in [2.24, 2.45) is 0 Å². The van der Waals surface area contributed by atoms with Crippen molar-refractivity contribution in [1.82, 2.24) is 30.1 Å². The average Bonchev–Trinajstić information content (AvgIpc) is 3.27. The highest BCUT2D eigenvalue weighted by molar-refractivity contribution is 5.82. The van der Waals surface area contributed by atoms with Crippen LogP contribution in [0.25, 0.3) is 22.3 Å². The highest BCUT2D eigenvalue weighted by atomic mass is 15.1. The normalized spacial score (nSPS) is 10.8. The summed E-state index contributed by atoms with van der Waals surface area (Å²) in [6.45, 7) is 0.658. The Kier molecular flexibility index (Phi) is 4.71. The molecular formula is C22H18N8. The second-order valence-electron chi connectivity index (χ2n) is 6.67. The molecule has 8 heteroatoms. The van der Waals surface area contributed by atoms with Gasteiger partial charge in [-0.15, -0.1) is 0 Å². The van der Waals surface area contributed by atoms with Gasteiger partial charge < -0.3 is 10.6 Å². The predicted molar refractivity (Wildman–Crippen MR) is 116 cm³/mol. The van der Waals surface area contributed by atoms with E-state index in [1.54, 1.807) is 12.4 Å². The van der Waals surface area contributed by atoms with E-state index >= 15 is 0 Å². The maximum Gasteiger partial charge on any atom is 0.230 e. The SMILES string of the molecule is c1ccc(CNc2ncccc2-c2ncnc(Nc3ccc4[nH]ncc4c3)n2)cc1. The Hall–Kier alpha value is -4.33. The van der Waals surface area contributed by atoms with Crippen molar-refractivity contribution in [3.8, 4) is 11.4 Å². The smallest absolute Gasteiger partial charge is 0.230 e. The number of nitrogens with one attached hydrogen (secondary N) is 3. The van der Waals surface area contributed by atoms with E-state index in [2.05, 4.69) is 52.9 Å². The largest absolute Gasteiger partial charge is 0.365 e. The maximum absolute atomic E-state index is 4.58. The monoisotopic (exact) mass is 394 g/mol. The van der Waals surface area contributed by atoms with E-state index in [0.29, 0.717) is 18.3 Å². The molecule has 0 saturated heterocycles. The lowest BCUT2D eigenvalue weighted by Crippen LogP contribution is -2.05. The molecule has 0 aliphatic rings. The third-order valence-electron chi connectivity index (χ3n) is 4.62. The fourth-order valence-electron chi connectivity index (χ4n) is 3.14. The highest BCUT2D eigenvalue weighted by Gasteiger charge is 2.11. The van der Waals surface area contributed by atoms with Crippen molar-refractivity contribution in [3.05, 3.63) is 84.9 Å². The minimum atomic E-state index is 0.459. The number of anilines is 3. The zero-order valence-electron chi connectivity index (χ0n) is 15.9. The molecule has 0 radical (unpaired) electrons. The van der Waals surface area contributed by atoms with Crippen LogP contribution < -0.4 is 10.6 Å². The molecule has 3 heterocycles. The highest BCUT2D eigenvalue weighted by Crippen LogP contribution is 2.25. The van der Waals surface area contributed by atoms with Gasteiger partial charge in [0.2, 0.25) is 5.95 Å². The van der Waals surface area contributed by atoms with E-state index in [1.807, 2.05) is 48.5 Å². The number of pyridine rings is 1. The zero-order valence-corrected chi connectivity index (χ0v) is 15.9. The number of benzene rings is 2. The molecule has 0 saturated carbocycles. The molecule has 0 aliphatic heterocycles. The van der Waals surface area contributed by atoms with Crippen molar-refractivity contribution >= 4 is 28.4 Å². The van der Waals surface area contributed by atoms with Crippen molar-refractivity contribution < 1.29 is 0 Å². The molecule has 0 fully saturated rings. The summed E-state index contributed by atoms with van der Waals surface area (Å²) in [6, 6.07) is 19.9. The van der Waals surface area contributed by atoms with Crippen LogP contribution in [0.2, 0.25) is 0 Å². The summed E-state index contributed by atoms with van der Waals surface area (Å²) in [6.07, 6.45) is 5.02. The van der Waals surface area contributed by atoms with Gasteiger partial charge in [-0.2, -0.15) is 10.1 Å². The summed E-state index contributed by atoms with van der Waals surface area (Å²) in [5, 5.41) is 14.6. The fourth-order valence-corrected chi connectivity index (χ4v) is 3.14. The minimum Gasteiger partial charge on any atom is -0.365 e. The van der Waals surface area contributed by atoms with Crippen molar-refractivity contribution in [1.29, 1.82) is 0 Å². The third-order valence-corrected chi connectivity index (χ3v) is 4.62. The Labute approximate surface area is 172 Å². The molecule has 30 heavy (non-hydrogen) atoms. The molecule has 0 spiro atoms. The maximum atomic E-state index is 4.58. The van der Waals surface area contributed by atoms with Gasteiger partial charge in [0, 0.05) is 23.8 Å². The third kappa shape index (κ3) is 3.79. The molecule has 5 rings (SSSR count). The Bertz CT molecular complexity index is 1280. The Morgan fingerprint density at radius 3 is 2.77 bits per heavy atom. The molecule has 2 aromatic carbocycles. The topological polar surface area (TPSA) is 104 Å². The summed E-state index contributed by atoms with van der Waals surface area (Å²) in [4.78, 5) is 17.7. The first-order chi connectivity index (χ1) is 14.8. The lowest BCUT2D eigenvalue weighted by molar-refractivity contribution is 1.05. The van der Waals surface area contributed by atoms with Crippen molar-refractivity contribution in [2.45, 2.75) is 6.54 Å². The number of H-pyrrole nitrogens is 1. The molecule has 0 atom stereocenters. The van der Waals surface area contributed by atoms with Crippen LogP contribution in [0, 0.1) is 0 Å². The zero-order chi connectivity index (χ0) is 20.2. The number of fused-ring (bicyclic) bond motifs is 1. The predicted octanol–water partition coefficient (Wildman–Crippen LogP) is 4.17. The van der Waals surface area contributed by atoms with Gasteiger partial charge >= 0.3 is 0 Å².